The molecule has 7 heteroatoms. The average molecular weight is 294 g/mol. The number of fused-ring (bicyclic) bond motifs is 1. The van der Waals surface area contributed by atoms with Gasteiger partial charge in [0.15, 0.2) is 0 Å². The molecule has 1 saturated heterocycles. The Morgan fingerprint density at radius 3 is 2.95 bits per heavy atom. The predicted octanol–water partition coefficient (Wildman–Crippen LogP) is 1.08. The zero-order valence-electron chi connectivity index (χ0n) is 11.3. The molecule has 2 N–H and O–H groups in total. The largest absolute Gasteiger partial charge is 0.341 e. The quantitative estimate of drug-likeness (QED) is 0.888. The summed E-state index contributed by atoms with van der Waals surface area (Å²) >= 11 is 0. The third-order valence-corrected chi connectivity index (χ3v) is 4.24. The summed E-state index contributed by atoms with van der Waals surface area (Å²) in [5, 5.41) is 0. The molecule has 108 valence electrons. The van der Waals surface area contributed by atoms with Gasteiger partial charge in [-0.1, -0.05) is 12.1 Å². The smallest absolute Gasteiger partial charge is 0.209 e. The highest BCUT2D eigenvalue weighted by molar-refractivity contribution is 7.88. The average Bonchev–Trinajstić information content (AvgIpc) is 2.80. The number of anilines is 1. The van der Waals surface area contributed by atoms with E-state index in [1.54, 1.807) is 0 Å². The van der Waals surface area contributed by atoms with Gasteiger partial charge in [-0.25, -0.2) is 18.1 Å². The van der Waals surface area contributed by atoms with E-state index in [2.05, 4.69) is 19.6 Å². The topological polar surface area (TPSA) is 78.1 Å². The van der Waals surface area contributed by atoms with Gasteiger partial charge in [-0.05, 0) is 25.0 Å². The molecule has 1 aliphatic rings. The number of nitrogens with zero attached hydrogens (tertiary/aromatic N) is 2. The van der Waals surface area contributed by atoms with Gasteiger partial charge in [0.2, 0.25) is 16.0 Å². The fourth-order valence-electron chi connectivity index (χ4n) is 2.66. The summed E-state index contributed by atoms with van der Waals surface area (Å²) in [6.07, 6.45) is 3.02. The van der Waals surface area contributed by atoms with E-state index in [9.17, 15) is 8.42 Å². The molecule has 0 aliphatic carbocycles. The first-order valence-electron chi connectivity index (χ1n) is 6.68. The van der Waals surface area contributed by atoms with Crippen LogP contribution in [0.2, 0.25) is 0 Å². The van der Waals surface area contributed by atoms with Crippen molar-refractivity contribution in [1.29, 1.82) is 0 Å². The van der Waals surface area contributed by atoms with Crippen LogP contribution < -0.4 is 9.62 Å². The lowest BCUT2D eigenvalue weighted by Crippen LogP contribution is -2.47. The van der Waals surface area contributed by atoms with Gasteiger partial charge in [0.1, 0.15) is 0 Å². The number of para-hydroxylation sites is 2. The molecule has 1 unspecified atom stereocenters. The molecule has 0 radical (unpaired) electrons. The maximum absolute atomic E-state index is 11.3. The number of hydrogen-bond donors (Lipinski definition) is 2. The summed E-state index contributed by atoms with van der Waals surface area (Å²) in [4.78, 5) is 9.95. The summed E-state index contributed by atoms with van der Waals surface area (Å²) in [5.74, 6) is 0.811. The molecule has 1 aliphatic heterocycles. The molecule has 1 aromatic heterocycles. The molecule has 6 nitrogen and oxygen atoms in total. The summed E-state index contributed by atoms with van der Waals surface area (Å²) in [6.45, 7) is 1.54. The monoisotopic (exact) mass is 294 g/mol. The van der Waals surface area contributed by atoms with E-state index in [0.29, 0.717) is 6.54 Å². The predicted molar refractivity (Wildman–Crippen MR) is 79.3 cm³/mol. The number of rotatable bonds is 3. The second-order valence-electron chi connectivity index (χ2n) is 5.25. The van der Waals surface area contributed by atoms with Crippen molar-refractivity contribution in [2.75, 3.05) is 24.2 Å². The maximum atomic E-state index is 11.3. The molecule has 2 heterocycles. The fourth-order valence-corrected chi connectivity index (χ4v) is 3.46. The van der Waals surface area contributed by atoms with Gasteiger partial charge in [0.25, 0.3) is 0 Å². The molecular weight excluding hydrogens is 276 g/mol. The Morgan fingerprint density at radius 2 is 2.20 bits per heavy atom. The Labute approximate surface area is 118 Å². The van der Waals surface area contributed by atoms with Crippen molar-refractivity contribution in [1.82, 2.24) is 14.7 Å². The van der Waals surface area contributed by atoms with E-state index in [0.717, 1.165) is 36.4 Å². The molecule has 20 heavy (non-hydrogen) atoms. The Balaban J connectivity index is 1.79. The second-order valence-corrected chi connectivity index (χ2v) is 7.03. The van der Waals surface area contributed by atoms with E-state index in [1.165, 1.54) is 6.26 Å². The maximum Gasteiger partial charge on any atom is 0.209 e. The number of aromatic nitrogens is 2. The van der Waals surface area contributed by atoms with E-state index >= 15 is 0 Å². The SMILES string of the molecule is CS(=O)(=O)NC1CCCN(c2nc3ccccc3[nH]2)C1. The molecule has 0 amide bonds. The number of imidazole rings is 1. The zero-order valence-corrected chi connectivity index (χ0v) is 12.2. The minimum atomic E-state index is -3.16. The summed E-state index contributed by atoms with van der Waals surface area (Å²) in [5.41, 5.74) is 1.93. The minimum Gasteiger partial charge on any atom is -0.341 e. The molecule has 1 atom stereocenters. The van der Waals surface area contributed by atoms with Crippen molar-refractivity contribution in [3.63, 3.8) is 0 Å². The Bertz CT molecular complexity index is 677. The molecule has 1 fully saturated rings. The van der Waals surface area contributed by atoms with Crippen molar-refractivity contribution in [3.8, 4) is 0 Å². The lowest BCUT2D eigenvalue weighted by atomic mass is 10.1. The third-order valence-electron chi connectivity index (χ3n) is 3.48. The van der Waals surface area contributed by atoms with Crippen molar-refractivity contribution in [2.45, 2.75) is 18.9 Å². The third kappa shape index (κ3) is 2.94. The van der Waals surface area contributed by atoms with Crippen LogP contribution in [0, 0.1) is 0 Å². The molecule has 1 aromatic carbocycles. The Hall–Kier alpha value is -1.60. The van der Waals surface area contributed by atoms with Gasteiger partial charge in [-0.3, -0.25) is 0 Å². The first kappa shape index (κ1) is 13.4. The number of sulfonamides is 1. The molecule has 2 aromatic rings. The molecule has 3 rings (SSSR count). The Kier molecular flexibility index (Phi) is 3.39. The van der Waals surface area contributed by atoms with Crippen LogP contribution >= 0.6 is 0 Å². The highest BCUT2D eigenvalue weighted by atomic mass is 32.2. The Morgan fingerprint density at radius 1 is 1.40 bits per heavy atom. The van der Waals surface area contributed by atoms with Crippen LogP contribution in [0.5, 0.6) is 0 Å². The highest BCUT2D eigenvalue weighted by Gasteiger charge is 2.24. The van der Waals surface area contributed by atoms with Crippen LogP contribution in [0.4, 0.5) is 5.95 Å². The molecule has 0 bridgehead atoms. The number of benzene rings is 1. The second kappa shape index (κ2) is 5.06. The van der Waals surface area contributed by atoms with Crippen LogP contribution in [0.25, 0.3) is 11.0 Å². The molecular formula is C13H18N4O2S. The van der Waals surface area contributed by atoms with Crippen molar-refractivity contribution in [3.05, 3.63) is 24.3 Å². The first-order chi connectivity index (χ1) is 9.51. The van der Waals surface area contributed by atoms with Crippen molar-refractivity contribution < 1.29 is 8.42 Å². The van der Waals surface area contributed by atoms with Gasteiger partial charge >= 0.3 is 0 Å². The number of aromatic amines is 1. The summed E-state index contributed by atoms with van der Waals surface area (Å²) in [6, 6.07) is 7.83. The summed E-state index contributed by atoms with van der Waals surface area (Å²) in [7, 11) is -3.16. The van der Waals surface area contributed by atoms with Crippen molar-refractivity contribution >= 4 is 27.0 Å². The van der Waals surface area contributed by atoms with Crippen LogP contribution in [0.1, 0.15) is 12.8 Å². The number of nitrogens with one attached hydrogen (secondary N) is 2. The van der Waals surface area contributed by atoms with Crippen LogP contribution in [-0.4, -0.2) is 43.8 Å². The lowest BCUT2D eigenvalue weighted by molar-refractivity contribution is 0.464. The van der Waals surface area contributed by atoms with E-state index in [4.69, 9.17) is 0 Å². The molecule has 0 spiro atoms. The van der Waals surface area contributed by atoms with Gasteiger partial charge in [0.05, 0.1) is 17.3 Å². The number of piperidine rings is 1. The minimum absolute atomic E-state index is 0.0491. The normalized spacial score (nSPS) is 20.4. The zero-order chi connectivity index (χ0) is 14.2. The fraction of sp³-hybridized carbons (Fsp3) is 0.462. The standard InChI is InChI=1S/C13H18N4O2S/c1-20(18,19)16-10-5-4-8-17(9-10)13-14-11-6-2-3-7-12(11)15-13/h2-3,6-7,10,16H,4-5,8-9H2,1H3,(H,14,15). The van der Waals surface area contributed by atoms with Crippen molar-refractivity contribution in [2.24, 2.45) is 0 Å². The van der Waals surface area contributed by atoms with E-state index in [1.807, 2.05) is 24.3 Å². The highest BCUT2D eigenvalue weighted by Crippen LogP contribution is 2.20. The number of H-pyrrole nitrogens is 1. The first-order valence-corrected chi connectivity index (χ1v) is 8.57. The van der Waals surface area contributed by atoms with Crippen LogP contribution in [-0.2, 0) is 10.0 Å². The van der Waals surface area contributed by atoms with Gasteiger partial charge in [-0.15, -0.1) is 0 Å². The van der Waals surface area contributed by atoms with Gasteiger partial charge in [-0.2, -0.15) is 0 Å². The van der Waals surface area contributed by atoms with Crippen LogP contribution in [0.3, 0.4) is 0 Å². The van der Waals surface area contributed by atoms with Gasteiger partial charge in [0, 0.05) is 19.1 Å². The van der Waals surface area contributed by atoms with E-state index < -0.39 is 10.0 Å². The lowest BCUT2D eigenvalue weighted by Gasteiger charge is -2.32. The van der Waals surface area contributed by atoms with Crippen LogP contribution in [0.15, 0.2) is 24.3 Å². The summed E-state index contributed by atoms with van der Waals surface area (Å²) < 4.78 is 25.3. The number of hydrogen-bond acceptors (Lipinski definition) is 4. The van der Waals surface area contributed by atoms with Gasteiger partial charge < -0.3 is 9.88 Å². The molecule has 0 saturated carbocycles. The van der Waals surface area contributed by atoms with E-state index in [-0.39, 0.29) is 6.04 Å².